The van der Waals surface area contributed by atoms with Gasteiger partial charge in [0.15, 0.2) is 0 Å². The van der Waals surface area contributed by atoms with E-state index in [0.717, 1.165) is 12.8 Å². The molecule has 14 heavy (non-hydrogen) atoms. The summed E-state index contributed by atoms with van der Waals surface area (Å²) in [5.74, 6) is 0. The van der Waals surface area contributed by atoms with Crippen molar-refractivity contribution in [1.82, 2.24) is 0 Å². The van der Waals surface area contributed by atoms with Crippen molar-refractivity contribution in [1.29, 1.82) is 0 Å². The Bertz CT molecular complexity index is 270. The number of allylic oxidation sites excluding steroid dienone is 3. The molecule has 0 aliphatic heterocycles. The molecule has 0 aromatic carbocycles. The van der Waals surface area contributed by atoms with E-state index in [4.69, 9.17) is 0 Å². The predicted octanol–water partition coefficient (Wildman–Crippen LogP) is 4.66. The lowest BCUT2D eigenvalue weighted by atomic mass is 9.80. The van der Waals surface area contributed by atoms with Crippen molar-refractivity contribution < 1.29 is 0 Å². The molecule has 0 fully saturated rings. The number of hydrogen-bond donors (Lipinski definition) is 0. The molecule has 0 aromatic rings. The molecule has 0 nitrogen and oxygen atoms in total. The second-order valence-electron chi connectivity index (χ2n) is 4.51. The van der Waals surface area contributed by atoms with Crippen LogP contribution in [-0.4, -0.2) is 0 Å². The maximum Gasteiger partial charge on any atom is -0.00686 e. The fourth-order valence-corrected chi connectivity index (χ4v) is 1.09. The lowest BCUT2D eigenvalue weighted by Gasteiger charge is -2.24. The summed E-state index contributed by atoms with van der Waals surface area (Å²) in [7, 11) is 0. The van der Waals surface area contributed by atoms with Gasteiger partial charge in [-0.15, -0.1) is 12.3 Å². The second-order valence-corrected chi connectivity index (χ2v) is 4.51. The molecule has 0 aliphatic rings. The monoisotopic (exact) mass is 190 g/mol. The third kappa shape index (κ3) is 4.89. The van der Waals surface area contributed by atoms with Gasteiger partial charge in [-0.25, -0.2) is 0 Å². The van der Waals surface area contributed by atoms with E-state index in [1.54, 1.807) is 6.08 Å². The van der Waals surface area contributed by atoms with Crippen LogP contribution in [0.25, 0.3) is 0 Å². The van der Waals surface area contributed by atoms with E-state index in [9.17, 15) is 0 Å². The molecule has 0 saturated heterocycles. The van der Waals surface area contributed by atoms with E-state index in [-0.39, 0.29) is 5.41 Å². The third-order valence-corrected chi connectivity index (χ3v) is 2.61. The summed E-state index contributed by atoms with van der Waals surface area (Å²) in [6.45, 7) is 16.3. The summed E-state index contributed by atoms with van der Waals surface area (Å²) in [6.07, 6.45) is 5.85. The Kier molecular flexibility index (Phi) is 5.27. The quantitative estimate of drug-likeness (QED) is 0.336. The average molecular weight is 190 g/mol. The maximum atomic E-state index is 3.93. The van der Waals surface area contributed by atoms with E-state index in [1.165, 1.54) is 11.1 Å². The van der Waals surface area contributed by atoms with Crippen LogP contribution < -0.4 is 0 Å². The first kappa shape index (κ1) is 13.0. The molecule has 0 amide bonds. The van der Waals surface area contributed by atoms with Crippen LogP contribution in [0.3, 0.4) is 0 Å². The van der Waals surface area contributed by atoms with Gasteiger partial charge in [-0.2, -0.15) is 0 Å². The highest BCUT2D eigenvalue weighted by Crippen LogP contribution is 2.31. The first-order chi connectivity index (χ1) is 6.40. The van der Waals surface area contributed by atoms with Crippen LogP contribution in [0, 0.1) is 5.41 Å². The minimum absolute atomic E-state index is 0.207. The molecule has 0 heteroatoms. The first-order valence-electron chi connectivity index (χ1n) is 5.09. The third-order valence-electron chi connectivity index (χ3n) is 2.61. The smallest absolute Gasteiger partial charge is 0.00686 e. The molecule has 0 rings (SSSR count). The molecule has 0 aliphatic carbocycles. The molecular formula is C14H22. The fraction of sp³-hybridized carbons (Fsp3) is 0.500. The van der Waals surface area contributed by atoms with Gasteiger partial charge in [0.2, 0.25) is 0 Å². The van der Waals surface area contributed by atoms with E-state index in [0.29, 0.717) is 0 Å². The van der Waals surface area contributed by atoms with Crippen molar-refractivity contribution in [3.8, 4) is 0 Å². The Morgan fingerprint density at radius 2 is 1.93 bits per heavy atom. The minimum atomic E-state index is 0.207. The van der Waals surface area contributed by atoms with Gasteiger partial charge in [0, 0.05) is 0 Å². The Hall–Kier alpha value is -1.00. The average Bonchev–Trinajstić information content (AvgIpc) is 2.11. The molecule has 0 spiro atoms. The van der Waals surface area contributed by atoms with Crippen molar-refractivity contribution in [2.75, 3.05) is 0 Å². The zero-order valence-electron chi connectivity index (χ0n) is 9.98. The lowest BCUT2D eigenvalue weighted by molar-refractivity contribution is 0.408. The predicted molar refractivity (Wildman–Crippen MR) is 65.3 cm³/mol. The highest BCUT2D eigenvalue weighted by Gasteiger charge is 2.19. The van der Waals surface area contributed by atoms with Gasteiger partial charge >= 0.3 is 0 Å². The van der Waals surface area contributed by atoms with Gasteiger partial charge in [-0.3, -0.25) is 0 Å². The van der Waals surface area contributed by atoms with Crippen molar-refractivity contribution >= 4 is 0 Å². The Balaban J connectivity index is 4.52. The van der Waals surface area contributed by atoms with Crippen LogP contribution in [-0.2, 0) is 0 Å². The van der Waals surface area contributed by atoms with Crippen LogP contribution in [0.4, 0.5) is 0 Å². The van der Waals surface area contributed by atoms with E-state index >= 15 is 0 Å². The van der Waals surface area contributed by atoms with Crippen molar-refractivity contribution in [3.05, 3.63) is 42.2 Å². The summed E-state index contributed by atoms with van der Waals surface area (Å²) in [6, 6.07) is 0. The number of hydrogen-bond acceptors (Lipinski definition) is 0. The summed E-state index contributed by atoms with van der Waals surface area (Å²) >= 11 is 0. The first-order valence-corrected chi connectivity index (χ1v) is 5.09. The summed E-state index contributed by atoms with van der Waals surface area (Å²) in [5.41, 5.74) is 5.97. The van der Waals surface area contributed by atoms with Crippen LogP contribution in [0.15, 0.2) is 42.2 Å². The molecule has 0 aromatic heterocycles. The SMILES string of the molecule is C=CC=C=C(C)C(C)(C)CCC(=C)C. The summed E-state index contributed by atoms with van der Waals surface area (Å²) in [5, 5.41) is 0. The Labute approximate surface area is 88.7 Å². The zero-order valence-corrected chi connectivity index (χ0v) is 9.98. The maximum absolute atomic E-state index is 3.93. The van der Waals surface area contributed by atoms with Crippen LogP contribution in [0.2, 0.25) is 0 Å². The molecule has 0 N–H and O–H groups in total. The van der Waals surface area contributed by atoms with Gasteiger partial charge in [-0.1, -0.05) is 32.1 Å². The van der Waals surface area contributed by atoms with Gasteiger partial charge in [0.25, 0.3) is 0 Å². The Morgan fingerprint density at radius 1 is 1.36 bits per heavy atom. The molecule has 0 atom stereocenters. The zero-order chi connectivity index (χ0) is 11.2. The summed E-state index contributed by atoms with van der Waals surface area (Å²) in [4.78, 5) is 0. The fourth-order valence-electron chi connectivity index (χ4n) is 1.09. The highest BCUT2D eigenvalue weighted by atomic mass is 14.2. The van der Waals surface area contributed by atoms with E-state index < -0.39 is 0 Å². The molecule has 0 bridgehead atoms. The van der Waals surface area contributed by atoms with Crippen LogP contribution in [0.5, 0.6) is 0 Å². The molecule has 78 valence electrons. The molecule has 0 radical (unpaired) electrons. The molecular weight excluding hydrogens is 168 g/mol. The topological polar surface area (TPSA) is 0 Å². The van der Waals surface area contributed by atoms with E-state index in [1.807, 2.05) is 6.08 Å². The van der Waals surface area contributed by atoms with Crippen molar-refractivity contribution in [3.63, 3.8) is 0 Å². The Morgan fingerprint density at radius 3 is 2.36 bits per heavy atom. The van der Waals surface area contributed by atoms with Gasteiger partial charge in [-0.05, 0) is 43.8 Å². The minimum Gasteiger partial charge on any atom is -0.121 e. The lowest BCUT2D eigenvalue weighted by Crippen LogP contribution is -2.12. The van der Waals surface area contributed by atoms with Gasteiger partial charge in [0.1, 0.15) is 0 Å². The van der Waals surface area contributed by atoms with E-state index in [2.05, 4.69) is 46.6 Å². The van der Waals surface area contributed by atoms with Gasteiger partial charge < -0.3 is 0 Å². The van der Waals surface area contributed by atoms with Gasteiger partial charge in [0.05, 0.1) is 0 Å². The second kappa shape index (κ2) is 5.67. The summed E-state index contributed by atoms with van der Waals surface area (Å²) < 4.78 is 0. The van der Waals surface area contributed by atoms with Crippen LogP contribution >= 0.6 is 0 Å². The van der Waals surface area contributed by atoms with Crippen molar-refractivity contribution in [2.45, 2.75) is 40.5 Å². The standard InChI is InChI=1S/C14H22/c1-7-8-9-13(4)14(5,6)11-10-12(2)3/h7-8H,1-2,10-11H2,3-6H3. The normalized spacial score (nSPS) is 10.3. The molecule has 0 saturated carbocycles. The van der Waals surface area contributed by atoms with Crippen LogP contribution in [0.1, 0.15) is 40.5 Å². The van der Waals surface area contributed by atoms with Crippen molar-refractivity contribution in [2.24, 2.45) is 5.41 Å². The molecule has 0 heterocycles. The molecule has 0 unspecified atom stereocenters. The largest absolute Gasteiger partial charge is 0.121 e. The highest BCUT2D eigenvalue weighted by molar-refractivity contribution is 5.12. The number of rotatable bonds is 5.